The summed E-state index contributed by atoms with van der Waals surface area (Å²) in [6.07, 6.45) is 0. The first-order valence-corrected chi connectivity index (χ1v) is 29.9. The Hall–Kier alpha value is -11.9. The Kier molecular flexibility index (Phi) is 11.2. The molecule has 410 valence electrons. The summed E-state index contributed by atoms with van der Waals surface area (Å²) in [5.74, 6) is 1.59. The molecule has 0 N–H and O–H groups in total. The molecule has 18 aromatic rings. The Morgan fingerprint density at radius 3 is 0.932 bits per heavy atom. The van der Waals surface area contributed by atoms with Crippen molar-refractivity contribution >= 4 is 87.2 Å². The van der Waals surface area contributed by atoms with Gasteiger partial charge in [-0.1, -0.05) is 224 Å². The quantitative estimate of drug-likeness (QED) is 0.145. The van der Waals surface area contributed by atoms with E-state index < -0.39 is 0 Å². The van der Waals surface area contributed by atoms with Crippen LogP contribution in [0.2, 0.25) is 0 Å². The van der Waals surface area contributed by atoms with Crippen LogP contribution in [0.15, 0.2) is 309 Å². The molecule has 13 aromatic carbocycles. The summed E-state index contributed by atoms with van der Waals surface area (Å²) in [7, 11) is 0. The lowest BCUT2D eigenvalue weighted by molar-refractivity contribution is 0.893. The molecule has 0 bridgehead atoms. The van der Waals surface area contributed by atoms with Crippen LogP contribution in [0.3, 0.4) is 0 Å². The average Bonchev–Trinajstić information content (AvgIpc) is 1.77. The monoisotopic (exact) mass is 1120 g/mol. The minimum atomic E-state index is 0.513. The molecule has 0 aliphatic heterocycles. The second-order valence-electron chi connectivity index (χ2n) is 22.7. The van der Waals surface area contributed by atoms with Crippen molar-refractivity contribution < 1.29 is 0 Å². The number of fused-ring (bicyclic) bond motifs is 12. The molecule has 0 unspecified atom stereocenters. The van der Waals surface area contributed by atoms with Gasteiger partial charge in [-0.25, -0.2) is 0 Å². The van der Waals surface area contributed by atoms with Crippen molar-refractivity contribution in [1.29, 1.82) is 0 Å². The first-order valence-electron chi connectivity index (χ1n) is 29.9. The molecular formula is C81H51N7. The van der Waals surface area contributed by atoms with E-state index in [1.54, 1.807) is 0 Å². The molecule has 7 heteroatoms. The van der Waals surface area contributed by atoms with Gasteiger partial charge in [-0.05, 0) is 129 Å². The molecule has 0 amide bonds. The molecular weight excluding hydrogens is 1070 g/mol. The summed E-state index contributed by atoms with van der Waals surface area (Å²) < 4.78 is 9.25. The van der Waals surface area contributed by atoms with E-state index in [9.17, 15) is 0 Å². The fourth-order valence-electron chi connectivity index (χ4n) is 13.9. The molecule has 0 atom stereocenters. The van der Waals surface area contributed by atoms with Gasteiger partial charge >= 0.3 is 0 Å². The fourth-order valence-corrected chi connectivity index (χ4v) is 13.9. The average molecular weight is 1120 g/mol. The predicted molar refractivity (Wildman–Crippen MR) is 364 cm³/mol. The third kappa shape index (κ3) is 7.74. The van der Waals surface area contributed by atoms with E-state index >= 15 is 0 Å². The van der Waals surface area contributed by atoms with Crippen LogP contribution in [-0.4, -0.2) is 33.2 Å². The molecule has 0 saturated carbocycles. The largest absolute Gasteiger partial charge is 0.309 e. The number of hydrogen-bond acceptors (Lipinski definition) is 3. The van der Waals surface area contributed by atoms with Gasteiger partial charge in [-0.2, -0.15) is 15.0 Å². The second kappa shape index (κ2) is 19.8. The zero-order chi connectivity index (χ0) is 57.8. The minimum absolute atomic E-state index is 0.513. The zero-order valence-corrected chi connectivity index (χ0v) is 47.6. The first kappa shape index (κ1) is 49.5. The number of hydrogen-bond donors (Lipinski definition) is 0. The van der Waals surface area contributed by atoms with Gasteiger partial charge in [0.15, 0.2) is 5.82 Å². The Balaban J connectivity index is 0.865. The molecule has 0 fully saturated rings. The molecule has 18 rings (SSSR count). The number of benzene rings is 13. The Labute approximate surface area is 506 Å². The molecule has 0 radical (unpaired) electrons. The normalized spacial score (nSPS) is 11.9. The summed E-state index contributed by atoms with van der Waals surface area (Å²) in [6, 6.07) is 111. The van der Waals surface area contributed by atoms with Crippen molar-refractivity contribution in [2.75, 3.05) is 0 Å². The van der Waals surface area contributed by atoms with Gasteiger partial charge in [0.2, 0.25) is 11.9 Å². The maximum absolute atomic E-state index is 5.71. The van der Waals surface area contributed by atoms with Crippen LogP contribution in [0.25, 0.3) is 166 Å². The van der Waals surface area contributed by atoms with Crippen LogP contribution in [0.5, 0.6) is 0 Å². The first-order chi connectivity index (χ1) is 43.7. The van der Waals surface area contributed by atoms with Crippen molar-refractivity contribution in [3.8, 4) is 79.2 Å². The van der Waals surface area contributed by atoms with Crippen molar-refractivity contribution in [3.05, 3.63) is 309 Å². The molecule has 7 nitrogen and oxygen atoms in total. The molecule has 0 spiro atoms. The number of para-hydroxylation sites is 6. The van der Waals surface area contributed by atoms with Crippen LogP contribution < -0.4 is 0 Å². The standard InChI is InChI=1S/C81H51N7/c1-5-22-52(23-6-1)60-34-21-35-61(53-24-7-2-8-25-53)78(60)79-82-80(87-72-38-19-15-32-64(72)68-48-54(42-46-74(68)87)56-40-44-66-62-30-13-17-36-70(62)85(76(66)50-56)58-26-9-3-10-27-58)84-81(83-79)88-73-39-20-16-33-65(73)69-49-55(43-47-75(69)88)57-41-45-67-63-31-14-18-37-71(63)86(77(67)51-57)59-28-11-4-12-29-59/h1-51H. The lowest BCUT2D eigenvalue weighted by Gasteiger charge is -2.17. The highest BCUT2D eigenvalue weighted by Crippen LogP contribution is 2.44. The van der Waals surface area contributed by atoms with E-state index in [4.69, 9.17) is 15.0 Å². The molecule has 0 aliphatic rings. The third-order valence-corrected chi connectivity index (χ3v) is 17.9. The molecule has 5 heterocycles. The Bertz CT molecular complexity index is 5440. The lowest BCUT2D eigenvalue weighted by atomic mass is 9.91. The van der Waals surface area contributed by atoms with Gasteiger partial charge in [0.05, 0.1) is 44.1 Å². The van der Waals surface area contributed by atoms with Crippen molar-refractivity contribution in [3.63, 3.8) is 0 Å². The Morgan fingerprint density at radius 2 is 0.511 bits per heavy atom. The van der Waals surface area contributed by atoms with Crippen molar-refractivity contribution in [2.45, 2.75) is 0 Å². The maximum Gasteiger partial charge on any atom is 0.240 e. The maximum atomic E-state index is 5.71. The number of aromatic nitrogens is 7. The third-order valence-electron chi connectivity index (χ3n) is 17.9. The van der Waals surface area contributed by atoms with Crippen molar-refractivity contribution in [2.24, 2.45) is 0 Å². The molecule has 0 aliphatic carbocycles. The van der Waals surface area contributed by atoms with E-state index in [1.165, 1.54) is 32.6 Å². The van der Waals surface area contributed by atoms with Gasteiger partial charge in [0, 0.05) is 60.0 Å². The molecule has 88 heavy (non-hydrogen) atoms. The zero-order valence-electron chi connectivity index (χ0n) is 47.6. The fraction of sp³-hybridized carbons (Fsp3) is 0. The SMILES string of the molecule is c1ccc(-c2cccc(-c3ccccc3)c2-c2nc(-n3c4ccccc4c4cc(-c5ccc6c7ccccc7n(-c7ccccc7)c6c5)ccc43)nc(-n3c4ccccc4c4cc(-c5ccc6c7ccccc7n(-c7ccccc7)c6c5)ccc43)n2)cc1. The lowest BCUT2D eigenvalue weighted by Crippen LogP contribution is -2.11. The van der Waals surface area contributed by atoms with E-state index in [-0.39, 0.29) is 0 Å². The van der Waals surface area contributed by atoms with Crippen LogP contribution in [0, 0.1) is 0 Å². The van der Waals surface area contributed by atoms with E-state index in [0.29, 0.717) is 17.7 Å². The number of nitrogens with zero attached hydrogens (tertiary/aromatic N) is 7. The van der Waals surface area contributed by atoms with E-state index in [1.807, 2.05) is 0 Å². The smallest absolute Gasteiger partial charge is 0.240 e. The van der Waals surface area contributed by atoms with Crippen molar-refractivity contribution in [1.82, 2.24) is 33.2 Å². The number of rotatable bonds is 9. The van der Waals surface area contributed by atoms with Gasteiger partial charge in [0.25, 0.3) is 0 Å². The van der Waals surface area contributed by atoms with Crippen LogP contribution in [0.1, 0.15) is 0 Å². The van der Waals surface area contributed by atoms with E-state index in [0.717, 1.165) is 116 Å². The summed E-state index contributed by atoms with van der Waals surface area (Å²) in [6.45, 7) is 0. The summed E-state index contributed by atoms with van der Waals surface area (Å²) in [5, 5.41) is 9.30. The van der Waals surface area contributed by atoms with Gasteiger partial charge in [-0.15, -0.1) is 0 Å². The van der Waals surface area contributed by atoms with Crippen LogP contribution in [0.4, 0.5) is 0 Å². The summed E-state index contributed by atoms with van der Waals surface area (Å²) in [4.78, 5) is 17.1. The topological polar surface area (TPSA) is 58.4 Å². The van der Waals surface area contributed by atoms with Gasteiger partial charge in [0.1, 0.15) is 0 Å². The van der Waals surface area contributed by atoms with E-state index in [2.05, 4.69) is 328 Å². The highest BCUT2D eigenvalue weighted by molar-refractivity contribution is 6.14. The highest BCUT2D eigenvalue weighted by atomic mass is 15.3. The summed E-state index contributed by atoms with van der Waals surface area (Å²) >= 11 is 0. The van der Waals surface area contributed by atoms with Crippen LogP contribution in [-0.2, 0) is 0 Å². The second-order valence-corrected chi connectivity index (χ2v) is 22.7. The summed E-state index contributed by atoms with van der Waals surface area (Å²) in [5.41, 5.74) is 20.5. The van der Waals surface area contributed by atoms with Gasteiger partial charge in [-0.3, -0.25) is 9.13 Å². The minimum Gasteiger partial charge on any atom is -0.309 e. The molecule has 5 aromatic heterocycles. The van der Waals surface area contributed by atoms with Crippen LogP contribution >= 0.6 is 0 Å². The highest BCUT2D eigenvalue weighted by Gasteiger charge is 2.25. The molecule has 0 saturated heterocycles. The Morgan fingerprint density at radius 1 is 0.193 bits per heavy atom. The van der Waals surface area contributed by atoms with Gasteiger partial charge < -0.3 is 9.13 Å². The predicted octanol–water partition coefficient (Wildman–Crippen LogP) is 20.6.